The minimum Gasteiger partial charge on any atom is -0.461 e. The van der Waals surface area contributed by atoms with Crippen LogP contribution in [0.25, 0.3) is 11.0 Å². The van der Waals surface area contributed by atoms with Crippen LogP contribution in [0.5, 0.6) is 0 Å². The van der Waals surface area contributed by atoms with E-state index in [2.05, 4.69) is 24.4 Å². The fourth-order valence-corrected chi connectivity index (χ4v) is 2.90. The molecule has 0 aliphatic heterocycles. The zero-order valence-electron chi connectivity index (χ0n) is 12.8. The zero-order chi connectivity index (χ0) is 14.7. The van der Waals surface area contributed by atoms with Gasteiger partial charge in [-0.1, -0.05) is 31.5 Å². The van der Waals surface area contributed by atoms with Crippen LogP contribution in [0.4, 0.5) is 0 Å². The summed E-state index contributed by atoms with van der Waals surface area (Å²) >= 11 is 0. The third kappa shape index (κ3) is 3.14. The number of furan rings is 1. The Balaban J connectivity index is 1.74. The molecule has 0 spiro atoms. The van der Waals surface area contributed by atoms with E-state index in [1.807, 2.05) is 12.1 Å². The molecule has 3 nitrogen and oxygen atoms in total. The molecule has 1 aromatic carbocycles. The van der Waals surface area contributed by atoms with Crippen LogP contribution in [0, 0.1) is 5.41 Å². The Bertz CT molecular complexity index is 598. The molecular weight excluding hydrogens is 262 g/mol. The second-order valence-corrected chi connectivity index (χ2v) is 6.37. The first-order chi connectivity index (χ1) is 10.3. The predicted molar refractivity (Wildman–Crippen MR) is 85.3 cm³/mol. The molecule has 1 heterocycles. The van der Waals surface area contributed by atoms with Gasteiger partial charge in [-0.25, -0.2) is 0 Å². The van der Waals surface area contributed by atoms with Crippen molar-refractivity contribution in [3.63, 3.8) is 0 Å². The first-order valence-electron chi connectivity index (χ1n) is 8.09. The van der Waals surface area contributed by atoms with E-state index in [0.29, 0.717) is 6.61 Å². The monoisotopic (exact) mass is 287 g/mol. The molecular formula is C18H25NO2. The topological polar surface area (TPSA) is 45.4 Å². The van der Waals surface area contributed by atoms with E-state index in [-0.39, 0.29) is 5.41 Å². The number of aryl methyl sites for hydroxylation is 1. The molecule has 1 fully saturated rings. The molecule has 114 valence electrons. The van der Waals surface area contributed by atoms with Gasteiger partial charge < -0.3 is 14.8 Å². The van der Waals surface area contributed by atoms with E-state index >= 15 is 0 Å². The summed E-state index contributed by atoms with van der Waals surface area (Å²) in [5.74, 6) is 1.12. The summed E-state index contributed by atoms with van der Waals surface area (Å²) < 4.78 is 6.04. The largest absolute Gasteiger partial charge is 0.461 e. The van der Waals surface area contributed by atoms with E-state index in [1.165, 1.54) is 17.4 Å². The molecule has 1 aliphatic carbocycles. The van der Waals surface area contributed by atoms with Crippen molar-refractivity contribution in [1.29, 1.82) is 0 Å². The summed E-state index contributed by atoms with van der Waals surface area (Å²) in [6, 6.07) is 8.28. The minimum absolute atomic E-state index is 0.156. The van der Waals surface area contributed by atoms with Gasteiger partial charge >= 0.3 is 0 Å². The molecule has 21 heavy (non-hydrogen) atoms. The Labute approximate surface area is 126 Å². The third-order valence-electron chi connectivity index (χ3n) is 4.63. The average Bonchev–Trinajstić information content (AvgIpc) is 3.21. The van der Waals surface area contributed by atoms with Gasteiger partial charge in [-0.15, -0.1) is 0 Å². The number of benzene rings is 1. The van der Waals surface area contributed by atoms with Crippen LogP contribution < -0.4 is 5.32 Å². The van der Waals surface area contributed by atoms with E-state index in [4.69, 9.17) is 4.42 Å². The molecule has 0 saturated heterocycles. The molecule has 2 aromatic rings. The molecule has 3 rings (SSSR count). The van der Waals surface area contributed by atoms with E-state index < -0.39 is 0 Å². The van der Waals surface area contributed by atoms with Crippen molar-refractivity contribution < 1.29 is 9.52 Å². The molecule has 0 amide bonds. The van der Waals surface area contributed by atoms with E-state index in [0.717, 1.165) is 50.1 Å². The Morgan fingerprint density at radius 2 is 2.10 bits per heavy atom. The lowest BCUT2D eigenvalue weighted by atomic mass is 10.1. The van der Waals surface area contributed by atoms with Crippen molar-refractivity contribution in [1.82, 2.24) is 5.32 Å². The molecule has 0 radical (unpaired) electrons. The van der Waals surface area contributed by atoms with Crippen LogP contribution in [0.2, 0.25) is 0 Å². The second kappa shape index (κ2) is 6.20. The lowest BCUT2D eigenvalue weighted by Gasteiger charge is -2.12. The quantitative estimate of drug-likeness (QED) is 0.779. The van der Waals surface area contributed by atoms with Crippen LogP contribution in [0.15, 0.2) is 28.7 Å². The second-order valence-electron chi connectivity index (χ2n) is 6.37. The van der Waals surface area contributed by atoms with Gasteiger partial charge in [-0.05, 0) is 25.3 Å². The fourth-order valence-electron chi connectivity index (χ4n) is 2.90. The van der Waals surface area contributed by atoms with Crippen LogP contribution >= 0.6 is 0 Å². The van der Waals surface area contributed by atoms with Gasteiger partial charge in [0.1, 0.15) is 11.3 Å². The maximum absolute atomic E-state index is 9.40. The molecule has 1 saturated carbocycles. The maximum Gasteiger partial charge on any atom is 0.134 e. The molecule has 1 aliphatic rings. The average molecular weight is 287 g/mol. The first kappa shape index (κ1) is 14.6. The highest BCUT2D eigenvalue weighted by Crippen LogP contribution is 2.44. The van der Waals surface area contributed by atoms with Crippen LogP contribution in [-0.4, -0.2) is 18.3 Å². The van der Waals surface area contributed by atoms with Gasteiger partial charge in [0, 0.05) is 42.5 Å². The van der Waals surface area contributed by atoms with Crippen molar-refractivity contribution in [2.75, 3.05) is 13.2 Å². The number of hydrogen-bond acceptors (Lipinski definition) is 3. The zero-order valence-corrected chi connectivity index (χ0v) is 12.8. The van der Waals surface area contributed by atoms with Gasteiger partial charge in [0.25, 0.3) is 0 Å². The number of aliphatic hydroxyl groups excluding tert-OH is 1. The molecule has 0 bridgehead atoms. The van der Waals surface area contributed by atoms with Crippen LogP contribution in [0.1, 0.15) is 43.9 Å². The Kier molecular flexibility index (Phi) is 4.32. The maximum atomic E-state index is 9.40. The van der Waals surface area contributed by atoms with Crippen LogP contribution in [0.3, 0.4) is 0 Å². The number of aliphatic hydroxyl groups is 1. The third-order valence-corrected chi connectivity index (χ3v) is 4.63. The summed E-state index contributed by atoms with van der Waals surface area (Å²) in [4.78, 5) is 0. The van der Waals surface area contributed by atoms with E-state index in [1.54, 1.807) is 0 Å². The highest BCUT2D eigenvalue weighted by Gasteiger charge is 2.41. The predicted octanol–water partition coefficient (Wildman–Crippen LogP) is 3.64. The molecule has 0 unspecified atom stereocenters. The number of fused-ring (bicyclic) bond motifs is 1. The Hall–Kier alpha value is -1.32. The minimum atomic E-state index is 0.156. The summed E-state index contributed by atoms with van der Waals surface area (Å²) in [6.45, 7) is 4.24. The van der Waals surface area contributed by atoms with Crippen molar-refractivity contribution >= 4 is 11.0 Å². The normalized spacial score (nSPS) is 16.5. The van der Waals surface area contributed by atoms with Gasteiger partial charge in [0.15, 0.2) is 0 Å². The summed E-state index contributed by atoms with van der Waals surface area (Å²) in [7, 11) is 0. The number of nitrogens with one attached hydrogen (secondary N) is 1. The highest BCUT2D eigenvalue weighted by atomic mass is 16.3. The molecule has 2 N–H and O–H groups in total. The Morgan fingerprint density at radius 3 is 2.81 bits per heavy atom. The summed E-state index contributed by atoms with van der Waals surface area (Å²) in [5.41, 5.74) is 2.44. The van der Waals surface area contributed by atoms with Crippen molar-refractivity contribution in [2.24, 2.45) is 5.41 Å². The number of para-hydroxylation sites is 1. The smallest absolute Gasteiger partial charge is 0.134 e. The van der Waals surface area contributed by atoms with Crippen LogP contribution in [-0.2, 0) is 13.0 Å². The van der Waals surface area contributed by atoms with Crippen molar-refractivity contribution in [2.45, 2.75) is 45.6 Å². The summed E-state index contributed by atoms with van der Waals surface area (Å²) in [5, 5.41) is 14.2. The van der Waals surface area contributed by atoms with Gasteiger partial charge in [-0.3, -0.25) is 0 Å². The standard InChI is InChI=1S/C18H25NO2/c1-2-3-7-17-15(11-19-12-18(13-20)9-10-18)14-6-4-5-8-16(14)21-17/h4-6,8,19-20H,2-3,7,9-13H2,1H3. The molecule has 3 heteroatoms. The summed E-state index contributed by atoms with van der Waals surface area (Å²) in [6.07, 6.45) is 5.63. The first-order valence-corrected chi connectivity index (χ1v) is 8.09. The molecule has 0 atom stereocenters. The highest BCUT2D eigenvalue weighted by molar-refractivity contribution is 5.82. The van der Waals surface area contributed by atoms with Gasteiger partial charge in [-0.2, -0.15) is 0 Å². The van der Waals surface area contributed by atoms with Crippen molar-refractivity contribution in [3.8, 4) is 0 Å². The number of unbranched alkanes of at least 4 members (excludes halogenated alkanes) is 1. The number of rotatable bonds is 8. The van der Waals surface area contributed by atoms with E-state index in [9.17, 15) is 5.11 Å². The lowest BCUT2D eigenvalue weighted by molar-refractivity contribution is 0.207. The number of hydrogen-bond donors (Lipinski definition) is 2. The van der Waals surface area contributed by atoms with Crippen molar-refractivity contribution in [3.05, 3.63) is 35.6 Å². The fraction of sp³-hybridized carbons (Fsp3) is 0.556. The SMILES string of the molecule is CCCCc1oc2ccccc2c1CNCC1(CO)CC1. The molecule has 1 aromatic heterocycles. The van der Waals surface area contributed by atoms with Gasteiger partial charge in [0.2, 0.25) is 0 Å². The Morgan fingerprint density at radius 1 is 1.29 bits per heavy atom. The lowest BCUT2D eigenvalue weighted by Crippen LogP contribution is -2.26. The van der Waals surface area contributed by atoms with Gasteiger partial charge in [0.05, 0.1) is 0 Å².